The Morgan fingerprint density at radius 3 is 2.60 bits per heavy atom. The maximum absolute atomic E-state index is 10.9. The first-order chi connectivity index (χ1) is 12.1. The molecule has 3 N–H and O–H groups in total. The van der Waals surface area contributed by atoms with Crippen LogP contribution in [0.5, 0.6) is 0 Å². The number of carboxylic acids is 1. The molecule has 2 heterocycles. The average molecular weight is 335 g/mol. The van der Waals surface area contributed by atoms with Crippen molar-refractivity contribution in [1.29, 1.82) is 0 Å². The van der Waals surface area contributed by atoms with Gasteiger partial charge in [-0.3, -0.25) is 4.98 Å². The molecule has 1 aromatic carbocycles. The fourth-order valence-electron chi connectivity index (χ4n) is 2.23. The Morgan fingerprint density at radius 2 is 1.92 bits per heavy atom. The van der Waals surface area contributed by atoms with E-state index in [0.29, 0.717) is 18.3 Å². The van der Waals surface area contributed by atoms with E-state index in [1.54, 1.807) is 30.5 Å². The molecule has 3 aromatic rings. The molecule has 0 saturated carbocycles. The zero-order valence-electron chi connectivity index (χ0n) is 13.6. The van der Waals surface area contributed by atoms with Crippen LogP contribution in [-0.2, 0) is 6.54 Å². The Balaban J connectivity index is 1.71. The number of carboxylic acid groups (broad SMARTS) is 1. The van der Waals surface area contributed by atoms with E-state index in [4.69, 9.17) is 5.11 Å². The smallest absolute Gasteiger partial charge is 0.335 e. The van der Waals surface area contributed by atoms with E-state index in [9.17, 15) is 4.79 Å². The molecule has 0 aliphatic rings. The molecule has 2 aromatic heterocycles. The minimum atomic E-state index is -0.953. The second kappa shape index (κ2) is 7.39. The minimum absolute atomic E-state index is 0.238. The monoisotopic (exact) mass is 335 g/mol. The number of aromatic carboxylic acids is 1. The largest absolute Gasteiger partial charge is 0.478 e. The summed E-state index contributed by atoms with van der Waals surface area (Å²) >= 11 is 0. The van der Waals surface area contributed by atoms with Gasteiger partial charge in [0.15, 0.2) is 0 Å². The molecule has 0 saturated heterocycles. The molecular weight excluding hydrogens is 318 g/mol. The maximum Gasteiger partial charge on any atom is 0.335 e. The molecule has 25 heavy (non-hydrogen) atoms. The molecule has 0 fully saturated rings. The molecule has 0 bridgehead atoms. The summed E-state index contributed by atoms with van der Waals surface area (Å²) in [5.74, 6) is 0.167. The predicted octanol–water partition coefficient (Wildman–Crippen LogP) is 3.23. The van der Waals surface area contributed by atoms with Gasteiger partial charge in [-0.2, -0.15) is 4.98 Å². The van der Waals surface area contributed by atoms with Crippen molar-refractivity contribution in [1.82, 2.24) is 15.0 Å². The number of aromatic nitrogens is 3. The number of rotatable bonds is 6. The van der Waals surface area contributed by atoms with Gasteiger partial charge < -0.3 is 15.7 Å². The van der Waals surface area contributed by atoms with Crippen LogP contribution < -0.4 is 10.6 Å². The first kappa shape index (κ1) is 16.4. The minimum Gasteiger partial charge on any atom is -0.478 e. The van der Waals surface area contributed by atoms with Crippen molar-refractivity contribution in [3.63, 3.8) is 0 Å². The first-order valence-corrected chi connectivity index (χ1v) is 7.70. The number of anilines is 3. The fraction of sp³-hybridized carbons (Fsp3) is 0.111. The lowest BCUT2D eigenvalue weighted by Gasteiger charge is -2.10. The Hall–Kier alpha value is -3.48. The predicted molar refractivity (Wildman–Crippen MR) is 95.0 cm³/mol. The van der Waals surface area contributed by atoms with Gasteiger partial charge >= 0.3 is 5.97 Å². The molecular formula is C18H17N5O2. The highest BCUT2D eigenvalue weighted by Gasteiger charge is 2.05. The van der Waals surface area contributed by atoms with Crippen LogP contribution in [0.15, 0.2) is 54.7 Å². The molecule has 0 unspecified atom stereocenters. The van der Waals surface area contributed by atoms with E-state index in [1.165, 1.54) is 0 Å². The van der Waals surface area contributed by atoms with Gasteiger partial charge in [0.2, 0.25) is 5.95 Å². The van der Waals surface area contributed by atoms with E-state index >= 15 is 0 Å². The van der Waals surface area contributed by atoms with E-state index in [2.05, 4.69) is 25.6 Å². The Kier molecular flexibility index (Phi) is 4.84. The molecule has 0 aliphatic carbocycles. The number of benzene rings is 1. The Labute approximate surface area is 144 Å². The van der Waals surface area contributed by atoms with Gasteiger partial charge in [-0.15, -0.1) is 0 Å². The third kappa shape index (κ3) is 4.51. The summed E-state index contributed by atoms with van der Waals surface area (Å²) in [5, 5.41) is 15.2. The Bertz CT molecular complexity index is 866. The molecule has 7 heteroatoms. The van der Waals surface area contributed by atoms with Crippen molar-refractivity contribution in [2.45, 2.75) is 13.5 Å². The lowest BCUT2D eigenvalue weighted by Crippen LogP contribution is -2.07. The first-order valence-electron chi connectivity index (χ1n) is 7.70. The molecule has 0 spiro atoms. The van der Waals surface area contributed by atoms with Crippen molar-refractivity contribution in [2.24, 2.45) is 0 Å². The Morgan fingerprint density at radius 1 is 1.12 bits per heavy atom. The molecule has 0 aliphatic heterocycles. The van der Waals surface area contributed by atoms with Crippen LogP contribution in [0, 0.1) is 6.92 Å². The molecule has 0 atom stereocenters. The number of carbonyl (C=O) groups is 1. The zero-order valence-corrected chi connectivity index (χ0v) is 13.6. The molecule has 3 rings (SSSR count). The van der Waals surface area contributed by atoms with Gasteiger partial charge in [0.25, 0.3) is 0 Å². The molecule has 126 valence electrons. The SMILES string of the molecule is Cc1cc(Nc2ccc(C(=O)O)cc2)nc(NCc2ccccn2)n1. The lowest BCUT2D eigenvalue weighted by atomic mass is 10.2. The van der Waals surface area contributed by atoms with Gasteiger partial charge in [0, 0.05) is 23.6 Å². The van der Waals surface area contributed by atoms with Crippen LogP contribution in [0.2, 0.25) is 0 Å². The fourth-order valence-corrected chi connectivity index (χ4v) is 2.23. The second-order valence-electron chi connectivity index (χ2n) is 5.40. The number of hydrogen-bond acceptors (Lipinski definition) is 6. The summed E-state index contributed by atoms with van der Waals surface area (Å²) in [4.78, 5) is 23.9. The van der Waals surface area contributed by atoms with Crippen LogP contribution >= 0.6 is 0 Å². The topological polar surface area (TPSA) is 100 Å². The van der Waals surface area contributed by atoms with Crippen molar-refractivity contribution in [3.8, 4) is 0 Å². The van der Waals surface area contributed by atoms with Crippen molar-refractivity contribution in [3.05, 3.63) is 71.7 Å². The van der Waals surface area contributed by atoms with Crippen LogP contribution in [0.25, 0.3) is 0 Å². The summed E-state index contributed by atoms with van der Waals surface area (Å²) < 4.78 is 0. The molecule has 0 amide bonds. The second-order valence-corrected chi connectivity index (χ2v) is 5.40. The van der Waals surface area contributed by atoms with Gasteiger partial charge in [-0.25, -0.2) is 9.78 Å². The van der Waals surface area contributed by atoms with Gasteiger partial charge in [0.1, 0.15) is 5.82 Å². The summed E-state index contributed by atoms with van der Waals surface area (Å²) in [6.45, 7) is 2.41. The zero-order chi connectivity index (χ0) is 17.6. The molecule has 7 nitrogen and oxygen atoms in total. The highest BCUT2D eigenvalue weighted by atomic mass is 16.4. The third-order valence-corrected chi connectivity index (χ3v) is 3.41. The van der Waals surface area contributed by atoms with Crippen molar-refractivity contribution in [2.75, 3.05) is 10.6 Å². The number of hydrogen-bond donors (Lipinski definition) is 3. The van der Waals surface area contributed by atoms with Crippen molar-refractivity contribution >= 4 is 23.4 Å². The standard InChI is InChI=1S/C18H17N5O2/c1-12-10-16(22-14-7-5-13(6-8-14)17(24)25)23-18(21-12)20-11-15-4-2-3-9-19-15/h2-10H,11H2,1H3,(H,24,25)(H2,20,21,22,23). The summed E-state index contributed by atoms with van der Waals surface area (Å²) in [7, 11) is 0. The van der Waals surface area contributed by atoms with Gasteiger partial charge in [-0.1, -0.05) is 6.07 Å². The van der Waals surface area contributed by atoms with Gasteiger partial charge in [0.05, 0.1) is 17.8 Å². The summed E-state index contributed by atoms with van der Waals surface area (Å²) in [6, 6.07) is 14.0. The van der Waals surface area contributed by atoms with E-state index in [1.807, 2.05) is 31.2 Å². The van der Waals surface area contributed by atoms with Crippen LogP contribution in [-0.4, -0.2) is 26.0 Å². The van der Waals surface area contributed by atoms with Crippen molar-refractivity contribution < 1.29 is 9.90 Å². The number of pyridine rings is 1. The summed E-state index contributed by atoms with van der Waals surface area (Å²) in [5.41, 5.74) is 2.69. The van der Waals surface area contributed by atoms with Crippen LogP contribution in [0.4, 0.5) is 17.5 Å². The highest BCUT2D eigenvalue weighted by Crippen LogP contribution is 2.17. The molecule has 0 radical (unpaired) electrons. The van der Waals surface area contributed by atoms with Gasteiger partial charge in [-0.05, 0) is 43.3 Å². The van der Waals surface area contributed by atoms with E-state index < -0.39 is 5.97 Å². The van der Waals surface area contributed by atoms with E-state index in [0.717, 1.165) is 17.1 Å². The normalized spacial score (nSPS) is 10.3. The number of nitrogens with one attached hydrogen (secondary N) is 2. The number of nitrogens with zero attached hydrogens (tertiary/aromatic N) is 3. The lowest BCUT2D eigenvalue weighted by molar-refractivity contribution is 0.0697. The maximum atomic E-state index is 10.9. The highest BCUT2D eigenvalue weighted by molar-refractivity contribution is 5.88. The quantitative estimate of drug-likeness (QED) is 0.636. The number of aryl methyl sites for hydroxylation is 1. The van der Waals surface area contributed by atoms with Crippen LogP contribution in [0.1, 0.15) is 21.7 Å². The third-order valence-electron chi connectivity index (χ3n) is 3.41. The average Bonchev–Trinajstić information content (AvgIpc) is 2.61. The van der Waals surface area contributed by atoms with E-state index in [-0.39, 0.29) is 5.56 Å². The van der Waals surface area contributed by atoms with Crippen LogP contribution in [0.3, 0.4) is 0 Å². The summed E-state index contributed by atoms with van der Waals surface area (Å²) in [6.07, 6.45) is 1.74.